The number of nitrogens with zero attached hydrogens (tertiary/aromatic N) is 2. The Morgan fingerprint density at radius 3 is 2.41 bits per heavy atom. The highest BCUT2D eigenvalue weighted by molar-refractivity contribution is 5.93. The zero-order chi connectivity index (χ0) is 12.6. The number of anilines is 1. The first-order valence-electron chi connectivity index (χ1n) is 5.03. The highest BCUT2D eigenvalue weighted by Crippen LogP contribution is 2.35. The molecule has 0 fully saturated rings. The van der Waals surface area contributed by atoms with Crippen LogP contribution in [0.1, 0.15) is 5.56 Å². The van der Waals surface area contributed by atoms with E-state index in [-0.39, 0.29) is 5.52 Å². The van der Waals surface area contributed by atoms with Crippen LogP contribution >= 0.6 is 0 Å². The van der Waals surface area contributed by atoms with Crippen LogP contribution in [0.4, 0.5) is 18.9 Å². The lowest BCUT2D eigenvalue weighted by molar-refractivity contribution is -0.136. The Hall–Kier alpha value is -1.78. The van der Waals surface area contributed by atoms with Crippen molar-refractivity contribution in [3.8, 4) is 0 Å². The summed E-state index contributed by atoms with van der Waals surface area (Å²) in [6.07, 6.45) is -2.98. The molecule has 0 radical (unpaired) electrons. The normalized spacial score (nSPS) is 11.8. The van der Waals surface area contributed by atoms with Gasteiger partial charge in [0.15, 0.2) is 0 Å². The van der Waals surface area contributed by atoms with Gasteiger partial charge in [-0.3, -0.25) is 4.98 Å². The lowest BCUT2D eigenvalue weighted by Crippen LogP contribution is -2.11. The summed E-state index contributed by atoms with van der Waals surface area (Å²) in [6, 6.07) is 5.80. The monoisotopic (exact) mass is 240 g/mol. The summed E-state index contributed by atoms with van der Waals surface area (Å²) in [5.41, 5.74) is 0.0194. The Morgan fingerprint density at radius 1 is 1.12 bits per heavy atom. The van der Waals surface area contributed by atoms with Gasteiger partial charge < -0.3 is 4.90 Å². The molecule has 0 saturated heterocycles. The lowest BCUT2D eigenvalue weighted by Gasteiger charge is -2.16. The van der Waals surface area contributed by atoms with Crippen LogP contribution < -0.4 is 4.90 Å². The van der Waals surface area contributed by atoms with Gasteiger partial charge in [0.25, 0.3) is 0 Å². The molecule has 1 heterocycles. The molecule has 0 spiro atoms. The van der Waals surface area contributed by atoms with Crippen molar-refractivity contribution < 1.29 is 13.2 Å². The fourth-order valence-electron chi connectivity index (χ4n) is 1.78. The van der Waals surface area contributed by atoms with E-state index in [1.165, 1.54) is 12.3 Å². The second-order valence-corrected chi connectivity index (χ2v) is 3.92. The van der Waals surface area contributed by atoms with Crippen LogP contribution in [0.2, 0.25) is 0 Å². The number of hydrogen-bond donors (Lipinski definition) is 0. The summed E-state index contributed by atoms with van der Waals surface area (Å²) in [7, 11) is 3.57. The molecule has 90 valence electrons. The summed E-state index contributed by atoms with van der Waals surface area (Å²) in [6.45, 7) is 0. The molecule has 0 aliphatic rings. The molecular formula is C12H11F3N2. The molecule has 0 saturated carbocycles. The van der Waals surface area contributed by atoms with Crippen LogP contribution in [0.5, 0.6) is 0 Å². The van der Waals surface area contributed by atoms with E-state index in [2.05, 4.69) is 4.98 Å². The van der Waals surface area contributed by atoms with Crippen LogP contribution in [-0.2, 0) is 6.18 Å². The van der Waals surface area contributed by atoms with Crippen LogP contribution in [0.15, 0.2) is 30.5 Å². The van der Waals surface area contributed by atoms with E-state index in [1.54, 1.807) is 31.1 Å². The molecule has 1 aromatic heterocycles. The van der Waals surface area contributed by atoms with E-state index >= 15 is 0 Å². The maximum atomic E-state index is 12.8. The van der Waals surface area contributed by atoms with Crippen LogP contribution in [-0.4, -0.2) is 19.1 Å². The van der Waals surface area contributed by atoms with Crippen molar-refractivity contribution in [2.75, 3.05) is 19.0 Å². The Bertz CT molecular complexity index is 547. The van der Waals surface area contributed by atoms with E-state index < -0.39 is 11.7 Å². The highest BCUT2D eigenvalue weighted by Gasteiger charge is 2.33. The number of fused-ring (bicyclic) bond motifs is 1. The molecular weight excluding hydrogens is 229 g/mol. The van der Waals surface area contributed by atoms with Crippen LogP contribution in [0, 0.1) is 0 Å². The smallest absolute Gasteiger partial charge is 0.377 e. The molecule has 0 aliphatic heterocycles. The molecule has 0 aliphatic carbocycles. The van der Waals surface area contributed by atoms with Crippen molar-refractivity contribution >= 4 is 16.6 Å². The van der Waals surface area contributed by atoms with Gasteiger partial charge in [-0.2, -0.15) is 13.2 Å². The van der Waals surface area contributed by atoms with E-state index in [9.17, 15) is 13.2 Å². The van der Waals surface area contributed by atoms with E-state index in [4.69, 9.17) is 0 Å². The van der Waals surface area contributed by atoms with Crippen molar-refractivity contribution in [1.82, 2.24) is 4.98 Å². The predicted molar refractivity (Wildman–Crippen MR) is 61.1 cm³/mol. The number of hydrogen-bond acceptors (Lipinski definition) is 2. The molecule has 17 heavy (non-hydrogen) atoms. The second kappa shape index (κ2) is 3.91. The third kappa shape index (κ3) is 2.05. The first-order chi connectivity index (χ1) is 7.91. The molecule has 0 bridgehead atoms. The number of pyridine rings is 1. The Morgan fingerprint density at radius 2 is 1.82 bits per heavy atom. The molecule has 2 aromatic rings. The topological polar surface area (TPSA) is 16.1 Å². The van der Waals surface area contributed by atoms with E-state index in [1.807, 2.05) is 0 Å². The lowest BCUT2D eigenvalue weighted by atomic mass is 10.1. The maximum absolute atomic E-state index is 12.8. The minimum atomic E-state index is -4.38. The quantitative estimate of drug-likeness (QED) is 0.760. The fraction of sp³-hybridized carbons (Fsp3) is 0.250. The van der Waals surface area contributed by atoms with Gasteiger partial charge in [-0.25, -0.2) is 0 Å². The van der Waals surface area contributed by atoms with Gasteiger partial charge in [0.05, 0.1) is 11.1 Å². The molecule has 0 N–H and O–H groups in total. The highest BCUT2D eigenvalue weighted by atomic mass is 19.4. The molecule has 5 heteroatoms. The van der Waals surface area contributed by atoms with Gasteiger partial charge in [0, 0.05) is 31.4 Å². The molecule has 0 amide bonds. The zero-order valence-corrected chi connectivity index (χ0v) is 9.42. The number of alkyl halides is 3. The minimum Gasteiger partial charge on any atom is -0.377 e. The van der Waals surface area contributed by atoms with Crippen molar-refractivity contribution in [3.63, 3.8) is 0 Å². The average Bonchev–Trinajstić information content (AvgIpc) is 2.26. The molecule has 0 unspecified atom stereocenters. The Balaban J connectivity index is 2.79. The standard InChI is InChI=1S/C12H11F3N2/c1-17(2)10-6-7-16-11-8(10)4-3-5-9(11)12(13,14)15/h3-7H,1-2H3. The van der Waals surface area contributed by atoms with Gasteiger partial charge in [-0.15, -0.1) is 0 Å². The Kier molecular flexibility index (Phi) is 2.69. The SMILES string of the molecule is CN(C)c1ccnc2c(C(F)(F)F)cccc12. The summed E-state index contributed by atoms with van der Waals surface area (Å²) < 4.78 is 38.4. The molecule has 2 nitrogen and oxygen atoms in total. The summed E-state index contributed by atoms with van der Waals surface area (Å²) in [4.78, 5) is 5.61. The second-order valence-electron chi connectivity index (χ2n) is 3.92. The molecule has 0 atom stereocenters. The Labute approximate surface area is 96.7 Å². The number of aromatic nitrogens is 1. The van der Waals surface area contributed by atoms with Crippen molar-refractivity contribution in [1.29, 1.82) is 0 Å². The third-order valence-electron chi connectivity index (χ3n) is 2.54. The first kappa shape index (κ1) is 11.7. The van der Waals surface area contributed by atoms with Gasteiger partial charge >= 0.3 is 6.18 Å². The third-order valence-corrected chi connectivity index (χ3v) is 2.54. The summed E-state index contributed by atoms with van der Waals surface area (Å²) >= 11 is 0. The molecule has 2 rings (SSSR count). The number of rotatable bonds is 1. The van der Waals surface area contributed by atoms with Gasteiger partial charge in [0.1, 0.15) is 0 Å². The average molecular weight is 240 g/mol. The minimum absolute atomic E-state index is 0.00815. The summed E-state index contributed by atoms with van der Waals surface area (Å²) in [5.74, 6) is 0. The van der Waals surface area contributed by atoms with Gasteiger partial charge in [0.2, 0.25) is 0 Å². The largest absolute Gasteiger partial charge is 0.418 e. The number of para-hydroxylation sites is 1. The predicted octanol–water partition coefficient (Wildman–Crippen LogP) is 3.32. The number of halogens is 3. The van der Waals surface area contributed by atoms with Crippen molar-refractivity contribution in [2.24, 2.45) is 0 Å². The van der Waals surface area contributed by atoms with Crippen LogP contribution in [0.25, 0.3) is 10.9 Å². The van der Waals surface area contributed by atoms with Crippen LogP contribution in [0.3, 0.4) is 0 Å². The van der Waals surface area contributed by atoms with E-state index in [0.717, 1.165) is 11.8 Å². The van der Waals surface area contributed by atoms with E-state index in [0.29, 0.717) is 5.39 Å². The van der Waals surface area contributed by atoms with Gasteiger partial charge in [-0.05, 0) is 12.1 Å². The number of benzene rings is 1. The zero-order valence-electron chi connectivity index (χ0n) is 9.42. The van der Waals surface area contributed by atoms with Crippen molar-refractivity contribution in [3.05, 3.63) is 36.0 Å². The van der Waals surface area contributed by atoms with Gasteiger partial charge in [-0.1, -0.05) is 12.1 Å². The fourth-order valence-corrected chi connectivity index (χ4v) is 1.78. The van der Waals surface area contributed by atoms with Crippen molar-refractivity contribution in [2.45, 2.75) is 6.18 Å². The first-order valence-corrected chi connectivity index (χ1v) is 5.03. The maximum Gasteiger partial charge on any atom is 0.418 e. The molecule has 1 aromatic carbocycles. The summed E-state index contributed by atoms with van der Waals surface area (Å²) in [5, 5.41) is 0.507.